The highest BCUT2D eigenvalue weighted by atomic mass is 35.5. The molecule has 0 unspecified atom stereocenters. The third-order valence-corrected chi connectivity index (χ3v) is 5.57. The van der Waals surface area contributed by atoms with Gasteiger partial charge in [-0.3, -0.25) is 9.00 Å². The normalized spacial score (nSPS) is 16.5. The first kappa shape index (κ1) is 17.2. The summed E-state index contributed by atoms with van der Waals surface area (Å²) in [4.78, 5) is 15.7. The smallest absolute Gasteiger partial charge is 0.254 e. The van der Waals surface area contributed by atoms with Crippen LogP contribution < -0.4 is 0 Å². The van der Waals surface area contributed by atoms with Crippen molar-refractivity contribution in [1.82, 2.24) is 4.90 Å². The van der Waals surface area contributed by atoms with E-state index in [1.165, 1.54) is 0 Å². The van der Waals surface area contributed by atoms with Crippen molar-refractivity contribution in [3.8, 4) is 0 Å². The van der Waals surface area contributed by atoms with Crippen LogP contribution in [0.3, 0.4) is 0 Å². The summed E-state index contributed by atoms with van der Waals surface area (Å²) in [6.45, 7) is 2.05. The van der Waals surface area contributed by atoms with Gasteiger partial charge in [-0.15, -0.1) is 0 Å². The molecule has 0 aliphatic heterocycles. The number of hydrogen-bond donors (Lipinski definition) is 0. The molecule has 2 atom stereocenters. The van der Waals surface area contributed by atoms with Crippen molar-refractivity contribution in [2.75, 3.05) is 6.26 Å². The Morgan fingerprint density at radius 1 is 1.12 bits per heavy atom. The van der Waals surface area contributed by atoms with E-state index < -0.39 is 10.8 Å². The lowest BCUT2D eigenvalue weighted by Gasteiger charge is -2.30. The van der Waals surface area contributed by atoms with Gasteiger partial charge in [-0.25, -0.2) is 0 Å². The molecule has 1 aliphatic carbocycles. The molecule has 1 fully saturated rings. The molecule has 3 nitrogen and oxygen atoms in total. The maximum absolute atomic E-state index is 13.0. The van der Waals surface area contributed by atoms with Crippen molar-refractivity contribution in [1.29, 1.82) is 0 Å². The largest absolute Gasteiger partial charge is 0.329 e. The standard InChI is InChI=1S/C19H20ClNO2S/c1-13(14-3-7-16(20)8-4-14)21(17-9-10-17)19(22)15-5-11-18(12-6-15)24(2)23/h3-8,11-13,17H,9-10H2,1-2H3/t13-,24+/m0/s1. The van der Waals surface area contributed by atoms with Crippen molar-refractivity contribution in [2.45, 2.75) is 36.7 Å². The van der Waals surface area contributed by atoms with Gasteiger partial charge in [0, 0.05) is 38.6 Å². The molecule has 0 heterocycles. The first-order chi connectivity index (χ1) is 11.5. The average molecular weight is 362 g/mol. The van der Waals surface area contributed by atoms with Gasteiger partial charge >= 0.3 is 0 Å². The lowest BCUT2D eigenvalue weighted by molar-refractivity contribution is 0.0674. The minimum absolute atomic E-state index is 0.0118. The summed E-state index contributed by atoms with van der Waals surface area (Å²) in [5.74, 6) is 0.0217. The van der Waals surface area contributed by atoms with Gasteiger partial charge in [0.15, 0.2) is 0 Å². The number of amides is 1. The van der Waals surface area contributed by atoms with Crippen molar-refractivity contribution >= 4 is 28.3 Å². The van der Waals surface area contributed by atoms with Crippen LogP contribution >= 0.6 is 11.6 Å². The van der Waals surface area contributed by atoms with Crippen LogP contribution in [-0.4, -0.2) is 27.3 Å². The monoisotopic (exact) mass is 361 g/mol. The summed E-state index contributed by atoms with van der Waals surface area (Å²) in [6.07, 6.45) is 3.72. The van der Waals surface area contributed by atoms with Crippen LogP contribution in [0.2, 0.25) is 5.02 Å². The predicted molar refractivity (Wildman–Crippen MR) is 97.8 cm³/mol. The molecule has 126 valence electrons. The summed E-state index contributed by atoms with van der Waals surface area (Å²) in [6, 6.07) is 15.0. The zero-order chi connectivity index (χ0) is 17.3. The van der Waals surface area contributed by atoms with Crippen molar-refractivity contribution in [3.63, 3.8) is 0 Å². The van der Waals surface area contributed by atoms with Gasteiger partial charge in [-0.2, -0.15) is 0 Å². The molecule has 1 aliphatic rings. The van der Waals surface area contributed by atoms with Crippen LogP contribution in [0.5, 0.6) is 0 Å². The van der Waals surface area contributed by atoms with Crippen molar-refractivity contribution in [2.24, 2.45) is 0 Å². The second-order valence-corrected chi connectivity index (χ2v) is 7.97. The summed E-state index contributed by atoms with van der Waals surface area (Å²) in [7, 11) is -1.04. The molecule has 0 bridgehead atoms. The van der Waals surface area contributed by atoms with Crippen LogP contribution in [0.25, 0.3) is 0 Å². The summed E-state index contributed by atoms with van der Waals surface area (Å²) in [5, 5.41) is 0.693. The molecule has 1 saturated carbocycles. The number of rotatable bonds is 5. The van der Waals surface area contributed by atoms with E-state index in [1.54, 1.807) is 30.5 Å². The Morgan fingerprint density at radius 3 is 2.21 bits per heavy atom. The molecule has 5 heteroatoms. The number of hydrogen-bond acceptors (Lipinski definition) is 2. The van der Waals surface area contributed by atoms with E-state index in [1.807, 2.05) is 29.2 Å². The lowest BCUT2D eigenvalue weighted by Crippen LogP contribution is -2.35. The summed E-state index contributed by atoms with van der Waals surface area (Å²) < 4.78 is 11.5. The number of benzene rings is 2. The molecule has 0 saturated heterocycles. The Morgan fingerprint density at radius 2 is 1.71 bits per heavy atom. The molecule has 1 amide bonds. The van der Waals surface area contributed by atoms with E-state index in [0.717, 1.165) is 23.3 Å². The second-order valence-electron chi connectivity index (χ2n) is 6.15. The van der Waals surface area contributed by atoms with Crippen LogP contribution in [0, 0.1) is 0 Å². The highest BCUT2D eigenvalue weighted by Gasteiger charge is 2.36. The maximum Gasteiger partial charge on any atom is 0.254 e. The molecule has 0 aromatic heterocycles. The molecule has 3 rings (SSSR count). The van der Waals surface area contributed by atoms with E-state index in [4.69, 9.17) is 11.6 Å². The number of nitrogens with zero attached hydrogens (tertiary/aromatic N) is 1. The zero-order valence-corrected chi connectivity index (χ0v) is 15.3. The van der Waals surface area contributed by atoms with E-state index in [9.17, 15) is 9.00 Å². The molecule has 2 aromatic rings. The molecule has 0 spiro atoms. The lowest BCUT2D eigenvalue weighted by atomic mass is 10.1. The van der Waals surface area contributed by atoms with Gasteiger partial charge in [0.25, 0.3) is 5.91 Å². The Bertz CT molecular complexity index is 754. The molecular formula is C19H20ClNO2S. The fraction of sp³-hybridized carbons (Fsp3) is 0.316. The van der Waals surface area contributed by atoms with Crippen molar-refractivity contribution in [3.05, 3.63) is 64.7 Å². The Labute approximate surface area is 150 Å². The van der Waals surface area contributed by atoms with E-state index in [2.05, 4.69) is 6.92 Å². The molecular weight excluding hydrogens is 342 g/mol. The van der Waals surface area contributed by atoms with E-state index in [-0.39, 0.29) is 11.9 Å². The van der Waals surface area contributed by atoms with Gasteiger partial charge in [-0.1, -0.05) is 23.7 Å². The molecule has 0 N–H and O–H groups in total. The van der Waals surface area contributed by atoms with Gasteiger partial charge in [-0.05, 0) is 61.7 Å². The molecule has 24 heavy (non-hydrogen) atoms. The quantitative estimate of drug-likeness (QED) is 0.789. The topological polar surface area (TPSA) is 37.4 Å². The minimum atomic E-state index is -1.04. The first-order valence-corrected chi connectivity index (χ1v) is 9.92. The third-order valence-electron chi connectivity index (χ3n) is 4.38. The number of carbonyl (C=O) groups excluding carboxylic acids is 1. The minimum Gasteiger partial charge on any atom is -0.329 e. The third kappa shape index (κ3) is 3.70. The Balaban J connectivity index is 1.86. The summed E-state index contributed by atoms with van der Waals surface area (Å²) in [5.41, 5.74) is 1.71. The van der Waals surface area contributed by atoms with E-state index in [0.29, 0.717) is 16.6 Å². The fourth-order valence-corrected chi connectivity index (χ4v) is 3.50. The second kappa shape index (κ2) is 7.08. The predicted octanol–water partition coefficient (Wildman–Crippen LogP) is 4.44. The number of halogens is 1. The van der Waals surface area contributed by atoms with Crippen LogP contribution in [0.4, 0.5) is 0 Å². The van der Waals surface area contributed by atoms with Crippen LogP contribution in [-0.2, 0) is 10.8 Å². The first-order valence-electron chi connectivity index (χ1n) is 7.99. The SMILES string of the molecule is C[C@@H](c1ccc(Cl)cc1)N(C(=O)c1ccc([S@@](C)=O)cc1)C1CC1. The summed E-state index contributed by atoms with van der Waals surface area (Å²) >= 11 is 5.96. The highest BCUT2D eigenvalue weighted by molar-refractivity contribution is 7.84. The van der Waals surface area contributed by atoms with Crippen LogP contribution in [0.1, 0.15) is 41.7 Å². The average Bonchev–Trinajstić information content (AvgIpc) is 3.40. The van der Waals surface area contributed by atoms with Gasteiger partial charge < -0.3 is 4.90 Å². The van der Waals surface area contributed by atoms with Crippen molar-refractivity contribution < 1.29 is 9.00 Å². The number of carbonyl (C=O) groups is 1. The molecule has 0 radical (unpaired) electrons. The zero-order valence-electron chi connectivity index (χ0n) is 13.7. The van der Waals surface area contributed by atoms with Crippen LogP contribution in [0.15, 0.2) is 53.4 Å². The van der Waals surface area contributed by atoms with Gasteiger partial charge in [0.1, 0.15) is 0 Å². The highest BCUT2D eigenvalue weighted by Crippen LogP contribution is 2.36. The Kier molecular flexibility index (Phi) is 5.07. The maximum atomic E-state index is 13.0. The van der Waals surface area contributed by atoms with E-state index >= 15 is 0 Å². The Hall–Kier alpha value is -1.65. The fourth-order valence-electron chi connectivity index (χ4n) is 2.85. The van der Waals surface area contributed by atoms with Gasteiger partial charge in [0.2, 0.25) is 0 Å². The van der Waals surface area contributed by atoms with Gasteiger partial charge in [0.05, 0.1) is 6.04 Å². The molecule has 2 aromatic carbocycles.